The average Bonchev–Trinajstić information content (AvgIpc) is 2.02. The van der Waals surface area contributed by atoms with Crippen LogP contribution in [0.3, 0.4) is 0 Å². The van der Waals surface area contributed by atoms with Crippen LogP contribution >= 0.6 is 12.2 Å². The third kappa shape index (κ3) is 1.83. The van der Waals surface area contributed by atoms with E-state index < -0.39 is 5.97 Å². The number of rotatable bonds is 2. The SMILES string of the molecule is CCc1c(N)nc(=S)[nH]c1C(=O)O. The summed E-state index contributed by atoms with van der Waals surface area (Å²) in [5.74, 6) is -0.888. The Balaban J connectivity index is 3.47. The number of carboxylic acids is 1. The van der Waals surface area contributed by atoms with E-state index >= 15 is 0 Å². The maximum Gasteiger partial charge on any atom is 0.352 e. The molecule has 0 aliphatic rings. The molecule has 0 aromatic carbocycles. The normalized spacial score (nSPS) is 9.92. The molecule has 1 heterocycles. The predicted molar refractivity (Wildman–Crippen MR) is 50.2 cm³/mol. The predicted octanol–water partition coefficient (Wildman–Crippen LogP) is 0.982. The summed E-state index contributed by atoms with van der Waals surface area (Å²) >= 11 is 4.70. The quantitative estimate of drug-likeness (QED) is 0.617. The molecule has 0 spiro atoms. The van der Waals surface area contributed by atoms with Crippen molar-refractivity contribution in [2.45, 2.75) is 13.3 Å². The molecule has 0 unspecified atom stereocenters. The Hall–Kier alpha value is -1.43. The number of anilines is 1. The minimum absolute atomic E-state index is 0.0278. The van der Waals surface area contributed by atoms with E-state index in [0.717, 1.165) is 0 Å². The number of hydrogen-bond acceptors (Lipinski definition) is 4. The molecule has 0 bridgehead atoms. The van der Waals surface area contributed by atoms with Crippen molar-refractivity contribution in [3.8, 4) is 0 Å². The van der Waals surface area contributed by atoms with Crippen molar-refractivity contribution in [1.82, 2.24) is 9.97 Å². The van der Waals surface area contributed by atoms with Crippen LogP contribution in [0.25, 0.3) is 0 Å². The monoisotopic (exact) mass is 199 g/mol. The van der Waals surface area contributed by atoms with Gasteiger partial charge in [-0.25, -0.2) is 9.78 Å². The molecule has 1 rings (SSSR count). The topological polar surface area (TPSA) is 92.0 Å². The van der Waals surface area contributed by atoms with E-state index in [1.807, 2.05) is 0 Å². The molecular weight excluding hydrogens is 190 g/mol. The molecule has 4 N–H and O–H groups in total. The molecule has 0 aliphatic carbocycles. The first kappa shape index (κ1) is 9.66. The molecule has 5 nitrogen and oxygen atoms in total. The lowest BCUT2D eigenvalue weighted by molar-refractivity contribution is 0.0689. The van der Waals surface area contributed by atoms with E-state index in [9.17, 15) is 4.79 Å². The largest absolute Gasteiger partial charge is 0.477 e. The minimum Gasteiger partial charge on any atom is -0.477 e. The highest BCUT2D eigenvalue weighted by Crippen LogP contribution is 2.12. The first-order valence-corrected chi connectivity index (χ1v) is 4.09. The fourth-order valence-corrected chi connectivity index (χ4v) is 1.26. The van der Waals surface area contributed by atoms with E-state index in [1.54, 1.807) is 6.92 Å². The lowest BCUT2D eigenvalue weighted by Crippen LogP contribution is -2.10. The number of carboxylic acid groups (broad SMARTS) is 1. The second-order valence-corrected chi connectivity index (χ2v) is 2.83. The van der Waals surface area contributed by atoms with Crippen LogP contribution in [0.5, 0.6) is 0 Å². The van der Waals surface area contributed by atoms with Crippen molar-refractivity contribution in [2.75, 3.05) is 5.73 Å². The molecular formula is C7H9N3O2S. The lowest BCUT2D eigenvalue weighted by atomic mass is 10.1. The number of nitrogens with zero attached hydrogens (tertiary/aromatic N) is 1. The zero-order chi connectivity index (χ0) is 10.0. The molecule has 6 heteroatoms. The van der Waals surface area contributed by atoms with Crippen LogP contribution in [0.15, 0.2) is 0 Å². The Morgan fingerprint density at radius 3 is 2.85 bits per heavy atom. The number of aromatic nitrogens is 2. The molecule has 1 aromatic rings. The molecule has 0 atom stereocenters. The van der Waals surface area contributed by atoms with Gasteiger partial charge in [0.2, 0.25) is 0 Å². The number of nitrogens with two attached hydrogens (primary N) is 1. The van der Waals surface area contributed by atoms with Crippen LogP contribution in [0.2, 0.25) is 0 Å². The average molecular weight is 199 g/mol. The fourth-order valence-electron chi connectivity index (χ4n) is 1.06. The highest BCUT2D eigenvalue weighted by atomic mass is 32.1. The number of aromatic amines is 1. The van der Waals surface area contributed by atoms with E-state index in [1.165, 1.54) is 0 Å². The van der Waals surface area contributed by atoms with E-state index in [0.29, 0.717) is 12.0 Å². The number of nitrogens with one attached hydrogen (secondary N) is 1. The van der Waals surface area contributed by atoms with Crippen molar-refractivity contribution in [1.29, 1.82) is 0 Å². The van der Waals surface area contributed by atoms with Crippen LogP contribution in [-0.4, -0.2) is 21.0 Å². The third-order valence-corrected chi connectivity index (χ3v) is 1.83. The Morgan fingerprint density at radius 2 is 2.38 bits per heavy atom. The van der Waals surface area contributed by atoms with Gasteiger partial charge in [-0.3, -0.25) is 0 Å². The minimum atomic E-state index is -1.07. The number of H-pyrrole nitrogens is 1. The van der Waals surface area contributed by atoms with E-state index in [4.69, 9.17) is 23.1 Å². The Kier molecular flexibility index (Phi) is 2.62. The second-order valence-electron chi connectivity index (χ2n) is 2.44. The first-order valence-electron chi connectivity index (χ1n) is 3.68. The van der Waals surface area contributed by atoms with Gasteiger partial charge in [-0.15, -0.1) is 0 Å². The van der Waals surface area contributed by atoms with Crippen molar-refractivity contribution in [2.24, 2.45) is 0 Å². The van der Waals surface area contributed by atoms with Crippen LogP contribution in [0.1, 0.15) is 23.0 Å². The van der Waals surface area contributed by atoms with E-state index in [2.05, 4.69) is 9.97 Å². The smallest absolute Gasteiger partial charge is 0.352 e. The first-order chi connectivity index (χ1) is 6.06. The third-order valence-electron chi connectivity index (χ3n) is 1.63. The van der Waals surface area contributed by atoms with Crippen molar-refractivity contribution in [3.05, 3.63) is 16.0 Å². The maximum absolute atomic E-state index is 10.7. The van der Waals surface area contributed by atoms with Gasteiger partial charge in [-0.05, 0) is 18.6 Å². The standard InChI is InChI=1S/C7H9N3O2S/c1-2-3-4(6(11)12)9-7(13)10-5(3)8/h2H2,1H3,(H,11,12)(H3,8,9,10,13). The van der Waals surface area contributed by atoms with Crippen LogP contribution in [-0.2, 0) is 6.42 Å². The molecule has 0 radical (unpaired) electrons. The summed E-state index contributed by atoms with van der Waals surface area (Å²) < 4.78 is 0.0899. The van der Waals surface area contributed by atoms with Gasteiger partial charge in [0.15, 0.2) is 4.77 Å². The Morgan fingerprint density at radius 1 is 1.77 bits per heavy atom. The van der Waals surface area contributed by atoms with Gasteiger partial charge in [-0.2, -0.15) is 0 Å². The van der Waals surface area contributed by atoms with Crippen molar-refractivity contribution < 1.29 is 9.90 Å². The molecule has 13 heavy (non-hydrogen) atoms. The number of hydrogen-bond donors (Lipinski definition) is 3. The number of carbonyl (C=O) groups is 1. The lowest BCUT2D eigenvalue weighted by Gasteiger charge is -2.05. The summed E-state index contributed by atoms with van der Waals surface area (Å²) in [4.78, 5) is 17.0. The van der Waals surface area contributed by atoms with E-state index in [-0.39, 0.29) is 16.3 Å². The summed E-state index contributed by atoms with van der Waals surface area (Å²) in [6.07, 6.45) is 0.507. The Labute approximate surface area is 79.6 Å². The highest BCUT2D eigenvalue weighted by Gasteiger charge is 2.12. The molecule has 1 aromatic heterocycles. The van der Waals surface area contributed by atoms with Gasteiger partial charge in [0, 0.05) is 5.56 Å². The molecule has 70 valence electrons. The highest BCUT2D eigenvalue weighted by molar-refractivity contribution is 7.71. The summed E-state index contributed by atoms with van der Waals surface area (Å²) in [5.41, 5.74) is 6.02. The van der Waals surface area contributed by atoms with Gasteiger partial charge in [0.05, 0.1) is 0 Å². The van der Waals surface area contributed by atoms with Crippen molar-refractivity contribution >= 4 is 24.0 Å². The molecule has 0 amide bonds. The second kappa shape index (κ2) is 3.53. The van der Waals surface area contributed by atoms with Gasteiger partial charge in [-0.1, -0.05) is 6.92 Å². The molecule has 0 aliphatic heterocycles. The van der Waals surface area contributed by atoms with Crippen LogP contribution in [0.4, 0.5) is 5.82 Å². The summed E-state index contributed by atoms with van der Waals surface area (Å²) in [6, 6.07) is 0. The Bertz CT molecular complexity index is 399. The zero-order valence-electron chi connectivity index (χ0n) is 7.00. The van der Waals surface area contributed by atoms with Gasteiger partial charge in [0.1, 0.15) is 11.5 Å². The van der Waals surface area contributed by atoms with Crippen molar-refractivity contribution in [3.63, 3.8) is 0 Å². The van der Waals surface area contributed by atoms with Gasteiger partial charge < -0.3 is 15.8 Å². The van der Waals surface area contributed by atoms with Gasteiger partial charge in [0.25, 0.3) is 0 Å². The zero-order valence-corrected chi connectivity index (χ0v) is 7.81. The number of nitrogen functional groups attached to an aromatic ring is 1. The van der Waals surface area contributed by atoms with Crippen LogP contribution < -0.4 is 5.73 Å². The summed E-state index contributed by atoms with van der Waals surface area (Å²) in [5, 5.41) is 8.78. The summed E-state index contributed by atoms with van der Waals surface area (Å²) in [6.45, 7) is 1.80. The molecule has 0 saturated carbocycles. The molecule has 0 saturated heterocycles. The van der Waals surface area contributed by atoms with Gasteiger partial charge >= 0.3 is 5.97 Å². The summed E-state index contributed by atoms with van der Waals surface area (Å²) in [7, 11) is 0. The molecule has 0 fully saturated rings. The fraction of sp³-hybridized carbons (Fsp3) is 0.286. The maximum atomic E-state index is 10.7. The van der Waals surface area contributed by atoms with Crippen LogP contribution in [0, 0.1) is 4.77 Å². The number of aromatic carboxylic acids is 1.